The van der Waals surface area contributed by atoms with Crippen LogP contribution in [0.1, 0.15) is 57.8 Å². The third-order valence-electron chi connectivity index (χ3n) is 1.10. The third-order valence-corrected chi connectivity index (χ3v) is 1.10. The molecule has 0 saturated heterocycles. The minimum atomic E-state index is -1.10. The lowest BCUT2D eigenvalue weighted by atomic mass is 10.1. The van der Waals surface area contributed by atoms with Gasteiger partial charge in [0.05, 0.1) is 0 Å². The van der Waals surface area contributed by atoms with E-state index >= 15 is 0 Å². The summed E-state index contributed by atoms with van der Waals surface area (Å²) in [5, 5.41) is 0. The van der Waals surface area contributed by atoms with Gasteiger partial charge in [-0.1, -0.05) is 52.3 Å². The maximum absolute atomic E-state index is 7.24. The number of rotatable bonds is 5. The Kier molecular flexibility index (Phi) is 2.83. The van der Waals surface area contributed by atoms with Crippen LogP contribution in [0.15, 0.2) is 0 Å². The van der Waals surface area contributed by atoms with Crippen molar-refractivity contribution in [1.29, 1.82) is 0 Å². The van der Waals surface area contributed by atoms with Crippen LogP contribution in [0.2, 0.25) is 0 Å². The molecule has 0 aliphatic heterocycles. The molecule has 50 valence electrons. The summed E-state index contributed by atoms with van der Waals surface area (Å²) in [5.74, 6) is 0. The molecule has 0 fully saturated rings. The molecule has 0 unspecified atom stereocenters. The molecule has 0 bridgehead atoms. The van der Waals surface area contributed by atoms with Crippen LogP contribution in [0.25, 0.3) is 0 Å². The van der Waals surface area contributed by atoms with Gasteiger partial charge in [-0.05, 0) is 0 Å². The Morgan fingerprint density at radius 3 is 1.50 bits per heavy atom. The third kappa shape index (κ3) is 6.00. The van der Waals surface area contributed by atoms with Gasteiger partial charge in [-0.3, -0.25) is 0 Å². The van der Waals surface area contributed by atoms with Crippen molar-refractivity contribution >= 4 is 0 Å². The van der Waals surface area contributed by atoms with Crippen LogP contribution < -0.4 is 0 Å². The summed E-state index contributed by atoms with van der Waals surface area (Å²) >= 11 is 0. The zero-order valence-corrected chi connectivity index (χ0v) is 5.83. The van der Waals surface area contributed by atoms with Gasteiger partial charge in [0, 0.05) is 5.48 Å². The zero-order valence-electron chi connectivity index (χ0n) is 9.83. The molecular formula is C8H18. The number of unbranched alkanes of at least 4 members (excludes halogenated alkanes) is 1. The molecule has 0 spiro atoms. The highest BCUT2D eigenvalue weighted by atomic mass is 13.9. The van der Waals surface area contributed by atoms with Crippen LogP contribution in [-0.4, -0.2) is 0 Å². The Labute approximate surface area is 58.9 Å². The van der Waals surface area contributed by atoms with Crippen molar-refractivity contribution in [2.45, 2.75) is 52.3 Å². The standard InChI is InChI=1S/C8H18/c1-3-5-7-8-6-4-2/h3-8H2,1-2H3/i3D2,4D2. The van der Waals surface area contributed by atoms with Crippen molar-refractivity contribution in [1.82, 2.24) is 0 Å². The van der Waals surface area contributed by atoms with Crippen LogP contribution >= 0.6 is 0 Å². The van der Waals surface area contributed by atoms with E-state index in [2.05, 4.69) is 0 Å². The van der Waals surface area contributed by atoms with Crippen LogP contribution in [0.4, 0.5) is 0 Å². The monoisotopic (exact) mass is 118 g/mol. The predicted octanol–water partition coefficient (Wildman–Crippen LogP) is 3.37. The fraction of sp³-hybridized carbons (Fsp3) is 1.00. The molecule has 8 heavy (non-hydrogen) atoms. The molecule has 0 saturated carbocycles. The van der Waals surface area contributed by atoms with Gasteiger partial charge in [-0.15, -0.1) is 0 Å². The van der Waals surface area contributed by atoms with Crippen molar-refractivity contribution in [3.05, 3.63) is 0 Å². The fourth-order valence-electron chi connectivity index (χ4n) is 0.604. The zero-order chi connectivity index (χ0) is 9.83. The summed E-state index contributed by atoms with van der Waals surface area (Å²) in [6, 6.07) is 0. The van der Waals surface area contributed by atoms with Crippen molar-refractivity contribution in [2.75, 3.05) is 0 Å². The highest BCUT2D eigenvalue weighted by Crippen LogP contribution is 2.03. The molecule has 0 N–H and O–H groups in total. The van der Waals surface area contributed by atoms with Crippen LogP contribution in [0, 0.1) is 0 Å². The highest BCUT2D eigenvalue weighted by Gasteiger charge is 1.83. The largest absolute Gasteiger partial charge is 0.0654 e. The van der Waals surface area contributed by atoms with Gasteiger partial charge < -0.3 is 0 Å². The average Bonchev–Trinajstić information content (AvgIpc) is 1.76. The molecule has 0 rings (SSSR count). The van der Waals surface area contributed by atoms with Crippen LogP contribution in [-0.2, 0) is 0 Å². The highest BCUT2D eigenvalue weighted by molar-refractivity contribution is 4.39. The van der Waals surface area contributed by atoms with Gasteiger partial charge in [0.1, 0.15) is 0 Å². The molecule has 0 aromatic heterocycles. The quantitative estimate of drug-likeness (QED) is 0.485. The molecule has 0 radical (unpaired) electrons. The van der Waals surface area contributed by atoms with E-state index < -0.39 is 12.7 Å². The Morgan fingerprint density at radius 2 is 1.25 bits per heavy atom. The maximum Gasteiger partial charge on any atom is 0.0264 e. The minimum absolute atomic E-state index is 0.531. The summed E-state index contributed by atoms with van der Waals surface area (Å²) in [7, 11) is 0. The molecule has 0 atom stereocenters. The average molecular weight is 118 g/mol. The van der Waals surface area contributed by atoms with E-state index in [9.17, 15) is 0 Å². The summed E-state index contributed by atoms with van der Waals surface area (Å²) in [6.07, 6.45) is 0.417. The maximum atomic E-state index is 7.24. The first-order valence-electron chi connectivity index (χ1n) is 5.21. The van der Waals surface area contributed by atoms with Crippen molar-refractivity contribution in [2.24, 2.45) is 0 Å². The Bertz CT molecular complexity index is 104. The van der Waals surface area contributed by atoms with E-state index in [0.717, 1.165) is 12.8 Å². The van der Waals surface area contributed by atoms with Crippen LogP contribution in [0.5, 0.6) is 0 Å². The van der Waals surface area contributed by atoms with Gasteiger partial charge in [0.15, 0.2) is 0 Å². The summed E-state index contributed by atoms with van der Waals surface area (Å²) in [4.78, 5) is 0. The van der Waals surface area contributed by atoms with Gasteiger partial charge in [0.2, 0.25) is 0 Å². The predicted molar refractivity (Wildman–Crippen MR) is 39.1 cm³/mol. The second kappa shape index (κ2) is 7.00. The van der Waals surface area contributed by atoms with E-state index in [0.29, 0.717) is 12.8 Å². The Hall–Kier alpha value is 0. The molecule has 0 aliphatic carbocycles. The first-order valence-corrected chi connectivity index (χ1v) is 3.21. The Morgan fingerprint density at radius 1 is 0.875 bits per heavy atom. The Balaban J connectivity index is 3.35. The number of hydrogen-bond acceptors (Lipinski definition) is 0. The first kappa shape index (κ1) is 3.24. The second-order valence-corrected chi connectivity index (χ2v) is 1.91. The second-order valence-electron chi connectivity index (χ2n) is 1.91. The van der Waals surface area contributed by atoms with Gasteiger partial charge in [-0.25, -0.2) is 0 Å². The molecule has 0 aromatic rings. The smallest absolute Gasteiger partial charge is 0.0264 e. The van der Waals surface area contributed by atoms with E-state index in [1.807, 2.05) is 0 Å². The molecular weight excluding hydrogens is 96.1 g/mol. The normalized spacial score (nSPS) is 20.8. The molecule has 0 amide bonds. The molecule has 0 nitrogen and oxygen atoms in total. The SMILES string of the molecule is [2H]C([2H])(C)CCCCC([2H])([2H])C. The molecule has 0 aliphatic rings. The number of hydrogen-bond donors (Lipinski definition) is 0. The van der Waals surface area contributed by atoms with Crippen molar-refractivity contribution in [3.8, 4) is 0 Å². The van der Waals surface area contributed by atoms with Gasteiger partial charge >= 0.3 is 0 Å². The summed E-state index contributed by atoms with van der Waals surface area (Å²) in [5.41, 5.74) is 0. The van der Waals surface area contributed by atoms with E-state index in [1.165, 1.54) is 0 Å². The fourth-order valence-corrected chi connectivity index (χ4v) is 0.604. The topological polar surface area (TPSA) is 0 Å². The van der Waals surface area contributed by atoms with Gasteiger partial charge in [0.25, 0.3) is 0 Å². The molecule has 0 aromatic carbocycles. The van der Waals surface area contributed by atoms with Gasteiger partial charge in [-0.2, -0.15) is 0 Å². The van der Waals surface area contributed by atoms with Crippen molar-refractivity contribution in [3.63, 3.8) is 0 Å². The first-order chi connectivity index (χ1) is 5.21. The van der Waals surface area contributed by atoms with E-state index in [4.69, 9.17) is 5.48 Å². The molecule has 0 heteroatoms. The minimum Gasteiger partial charge on any atom is -0.0654 e. The van der Waals surface area contributed by atoms with E-state index in [1.54, 1.807) is 13.8 Å². The summed E-state index contributed by atoms with van der Waals surface area (Å²) in [6.45, 7) is 3.13. The lowest BCUT2D eigenvalue weighted by Crippen LogP contribution is -1.73. The molecule has 0 heterocycles. The van der Waals surface area contributed by atoms with Crippen LogP contribution in [0.3, 0.4) is 0 Å². The summed E-state index contributed by atoms with van der Waals surface area (Å²) < 4.78 is 29.0. The van der Waals surface area contributed by atoms with Crippen molar-refractivity contribution < 1.29 is 5.48 Å². The van der Waals surface area contributed by atoms with E-state index in [-0.39, 0.29) is 0 Å². The lowest BCUT2D eigenvalue weighted by Gasteiger charge is -1.93. The lowest BCUT2D eigenvalue weighted by molar-refractivity contribution is 0.624.